The lowest BCUT2D eigenvalue weighted by Crippen LogP contribution is -2.52. The second-order valence-electron chi connectivity index (χ2n) is 7.45. The van der Waals surface area contributed by atoms with Gasteiger partial charge in [-0.15, -0.1) is 24.0 Å². The van der Waals surface area contributed by atoms with Crippen molar-refractivity contribution in [2.24, 2.45) is 4.99 Å². The van der Waals surface area contributed by atoms with Crippen LogP contribution in [-0.2, 0) is 11.3 Å². The third kappa shape index (κ3) is 9.06. The Labute approximate surface area is 193 Å². The first-order chi connectivity index (χ1) is 13.5. The van der Waals surface area contributed by atoms with Gasteiger partial charge < -0.3 is 25.0 Å². The number of nitrogens with zero attached hydrogens (tertiary/aromatic N) is 3. The SMILES string of the molecule is CN=C(NCc1ccc(C)cc1OCCOC)NCC(C)N1CCN(C)CC1.I. The summed E-state index contributed by atoms with van der Waals surface area (Å²) in [4.78, 5) is 9.27. The smallest absolute Gasteiger partial charge is 0.191 e. The Morgan fingerprint density at radius 1 is 1.17 bits per heavy atom. The van der Waals surface area contributed by atoms with Crippen LogP contribution in [0.25, 0.3) is 0 Å². The van der Waals surface area contributed by atoms with E-state index < -0.39 is 0 Å². The van der Waals surface area contributed by atoms with Gasteiger partial charge >= 0.3 is 0 Å². The predicted octanol–water partition coefficient (Wildman–Crippen LogP) is 1.94. The van der Waals surface area contributed by atoms with Crippen molar-refractivity contribution < 1.29 is 9.47 Å². The fraction of sp³-hybridized carbons (Fsp3) is 0.667. The average molecular weight is 519 g/mol. The minimum absolute atomic E-state index is 0. The maximum absolute atomic E-state index is 5.87. The van der Waals surface area contributed by atoms with E-state index >= 15 is 0 Å². The fourth-order valence-electron chi connectivity index (χ4n) is 3.21. The van der Waals surface area contributed by atoms with Gasteiger partial charge in [-0.05, 0) is 32.5 Å². The molecule has 1 aliphatic heterocycles. The Balaban J connectivity index is 0.00000420. The molecule has 0 amide bonds. The van der Waals surface area contributed by atoms with E-state index in [-0.39, 0.29) is 24.0 Å². The van der Waals surface area contributed by atoms with Crippen LogP contribution in [0.2, 0.25) is 0 Å². The van der Waals surface area contributed by atoms with Crippen LogP contribution >= 0.6 is 24.0 Å². The van der Waals surface area contributed by atoms with Gasteiger partial charge in [-0.25, -0.2) is 0 Å². The Hall–Kier alpha value is -1.10. The third-order valence-electron chi connectivity index (χ3n) is 5.16. The third-order valence-corrected chi connectivity index (χ3v) is 5.16. The molecule has 2 N–H and O–H groups in total. The van der Waals surface area contributed by atoms with Crippen LogP contribution in [0.15, 0.2) is 23.2 Å². The Morgan fingerprint density at radius 3 is 2.55 bits per heavy atom. The van der Waals surface area contributed by atoms with Crippen molar-refractivity contribution in [3.8, 4) is 5.75 Å². The number of aryl methyl sites for hydroxylation is 1. The minimum atomic E-state index is 0. The first-order valence-electron chi connectivity index (χ1n) is 10.1. The van der Waals surface area contributed by atoms with Crippen molar-refractivity contribution in [3.63, 3.8) is 0 Å². The molecule has 29 heavy (non-hydrogen) atoms. The number of guanidine groups is 1. The topological polar surface area (TPSA) is 61.4 Å². The van der Waals surface area contributed by atoms with Crippen LogP contribution in [0.3, 0.4) is 0 Å². The maximum atomic E-state index is 5.87. The van der Waals surface area contributed by atoms with Crippen molar-refractivity contribution in [1.29, 1.82) is 0 Å². The second-order valence-corrected chi connectivity index (χ2v) is 7.45. The number of halogens is 1. The van der Waals surface area contributed by atoms with E-state index in [2.05, 4.69) is 64.5 Å². The highest BCUT2D eigenvalue weighted by Gasteiger charge is 2.19. The van der Waals surface area contributed by atoms with Gasteiger partial charge in [0, 0.05) is 65.0 Å². The zero-order valence-corrected chi connectivity index (χ0v) is 20.9. The van der Waals surface area contributed by atoms with Crippen molar-refractivity contribution in [2.45, 2.75) is 26.4 Å². The van der Waals surface area contributed by atoms with Gasteiger partial charge in [-0.1, -0.05) is 12.1 Å². The molecule has 7 nitrogen and oxygen atoms in total. The highest BCUT2D eigenvalue weighted by molar-refractivity contribution is 14.0. The summed E-state index contributed by atoms with van der Waals surface area (Å²) in [5.74, 6) is 1.70. The minimum Gasteiger partial charge on any atom is -0.491 e. The van der Waals surface area contributed by atoms with Gasteiger partial charge in [0.25, 0.3) is 0 Å². The summed E-state index contributed by atoms with van der Waals surface area (Å²) in [6.07, 6.45) is 0. The lowest BCUT2D eigenvalue weighted by molar-refractivity contribution is 0.120. The van der Waals surface area contributed by atoms with E-state index in [0.717, 1.165) is 50.0 Å². The number of aliphatic imine (C=N–C) groups is 1. The van der Waals surface area contributed by atoms with Crippen molar-refractivity contribution in [3.05, 3.63) is 29.3 Å². The molecule has 0 radical (unpaired) electrons. The van der Waals surface area contributed by atoms with E-state index in [9.17, 15) is 0 Å². The van der Waals surface area contributed by atoms with E-state index in [0.29, 0.717) is 25.8 Å². The first kappa shape index (κ1) is 25.9. The van der Waals surface area contributed by atoms with Crippen LogP contribution in [0.4, 0.5) is 0 Å². The molecule has 0 aliphatic carbocycles. The molecule has 0 aromatic heterocycles. The van der Waals surface area contributed by atoms with E-state index in [4.69, 9.17) is 9.47 Å². The standard InChI is InChI=1S/C21H37N5O2.HI/c1-17-6-7-19(20(14-17)28-13-12-27-5)16-24-21(22-3)23-15-18(2)26-10-8-25(4)9-11-26;/h6-7,14,18H,8-13,15-16H2,1-5H3,(H2,22,23,24);1H. The highest BCUT2D eigenvalue weighted by atomic mass is 127. The summed E-state index contributed by atoms with van der Waals surface area (Å²) in [6, 6.07) is 6.74. The van der Waals surface area contributed by atoms with Crippen LogP contribution in [0, 0.1) is 6.92 Å². The number of hydrogen-bond acceptors (Lipinski definition) is 5. The molecule has 1 aromatic rings. The molecule has 166 valence electrons. The summed E-state index contributed by atoms with van der Waals surface area (Å²) in [5, 5.41) is 6.86. The quantitative estimate of drug-likeness (QED) is 0.225. The molecule has 1 unspecified atom stereocenters. The summed E-state index contributed by atoms with van der Waals surface area (Å²) in [5.41, 5.74) is 2.29. The lowest BCUT2D eigenvalue weighted by atomic mass is 10.1. The number of ether oxygens (including phenoxy) is 2. The summed E-state index contributed by atoms with van der Waals surface area (Å²) < 4.78 is 11.0. The molecule has 1 fully saturated rings. The van der Waals surface area contributed by atoms with Gasteiger partial charge in [-0.2, -0.15) is 0 Å². The van der Waals surface area contributed by atoms with Gasteiger partial charge in [0.15, 0.2) is 5.96 Å². The van der Waals surface area contributed by atoms with E-state index in [1.54, 1.807) is 14.2 Å². The molecule has 1 saturated heterocycles. The highest BCUT2D eigenvalue weighted by Crippen LogP contribution is 2.20. The maximum Gasteiger partial charge on any atom is 0.191 e. The number of rotatable bonds is 9. The molecule has 0 bridgehead atoms. The lowest BCUT2D eigenvalue weighted by Gasteiger charge is -2.36. The zero-order valence-electron chi connectivity index (χ0n) is 18.5. The molecule has 1 aromatic carbocycles. The summed E-state index contributed by atoms with van der Waals surface area (Å²) in [6.45, 7) is 11.5. The Kier molecular flexibility index (Phi) is 12.5. The van der Waals surface area contributed by atoms with Crippen LogP contribution in [-0.4, -0.2) is 88.9 Å². The molecular weight excluding hydrogens is 481 g/mol. The molecule has 1 atom stereocenters. The Bertz CT molecular complexity index is 621. The molecule has 0 saturated carbocycles. The van der Waals surface area contributed by atoms with Crippen molar-refractivity contribution >= 4 is 29.9 Å². The second kappa shape index (κ2) is 14.0. The zero-order chi connectivity index (χ0) is 20.4. The van der Waals surface area contributed by atoms with Crippen LogP contribution < -0.4 is 15.4 Å². The molecule has 1 aliphatic rings. The number of hydrogen-bond donors (Lipinski definition) is 2. The fourth-order valence-corrected chi connectivity index (χ4v) is 3.21. The van der Waals surface area contributed by atoms with E-state index in [1.807, 2.05) is 0 Å². The number of nitrogens with one attached hydrogen (secondary N) is 2. The summed E-state index contributed by atoms with van der Waals surface area (Å²) >= 11 is 0. The van der Waals surface area contributed by atoms with Gasteiger partial charge in [0.05, 0.1) is 6.61 Å². The molecular formula is C21H38IN5O2. The molecule has 1 heterocycles. The van der Waals surface area contributed by atoms with Crippen molar-refractivity contribution in [2.75, 3.05) is 67.1 Å². The monoisotopic (exact) mass is 519 g/mol. The first-order valence-corrected chi connectivity index (χ1v) is 10.1. The van der Waals surface area contributed by atoms with Gasteiger partial charge in [-0.3, -0.25) is 9.89 Å². The normalized spacial score (nSPS) is 16.8. The number of piperazine rings is 1. The van der Waals surface area contributed by atoms with Gasteiger partial charge in [0.1, 0.15) is 12.4 Å². The number of benzene rings is 1. The predicted molar refractivity (Wildman–Crippen MR) is 131 cm³/mol. The van der Waals surface area contributed by atoms with Crippen LogP contribution in [0.5, 0.6) is 5.75 Å². The van der Waals surface area contributed by atoms with Crippen LogP contribution in [0.1, 0.15) is 18.1 Å². The van der Waals surface area contributed by atoms with Gasteiger partial charge in [0.2, 0.25) is 0 Å². The van der Waals surface area contributed by atoms with Crippen molar-refractivity contribution in [1.82, 2.24) is 20.4 Å². The largest absolute Gasteiger partial charge is 0.491 e. The summed E-state index contributed by atoms with van der Waals surface area (Å²) in [7, 11) is 5.67. The molecule has 0 spiro atoms. The number of methoxy groups -OCH3 is 1. The molecule has 2 rings (SSSR count). The number of likely N-dealkylation sites (N-methyl/N-ethyl adjacent to an activating group) is 1. The van der Waals surface area contributed by atoms with E-state index in [1.165, 1.54) is 5.56 Å². The molecule has 8 heteroatoms. The Morgan fingerprint density at radius 2 is 1.90 bits per heavy atom. The average Bonchev–Trinajstić information content (AvgIpc) is 2.70.